The molecular weight excluding hydrogens is 242 g/mol. The molecule has 19 heavy (non-hydrogen) atoms. The average Bonchev–Trinajstić information content (AvgIpc) is 2.39. The van der Waals surface area contributed by atoms with Crippen LogP contribution in [0.2, 0.25) is 0 Å². The summed E-state index contributed by atoms with van der Waals surface area (Å²) in [5, 5.41) is 17.2. The summed E-state index contributed by atoms with van der Waals surface area (Å²) in [4.78, 5) is 10.5. The summed E-state index contributed by atoms with van der Waals surface area (Å²) >= 11 is 0. The van der Waals surface area contributed by atoms with E-state index in [0.29, 0.717) is 12.0 Å². The summed E-state index contributed by atoms with van der Waals surface area (Å²) < 4.78 is 0. The Morgan fingerprint density at radius 1 is 1.21 bits per heavy atom. The quantitative estimate of drug-likeness (QED) is 0.580. The molecule has 0 fully saturated rings. The van der Waals surface area contributed by atoms with E-state index in [1.807, 2.05) is 6.07 Å². The number of non-ortho nitro benzene ring substituents is 1. The van der Waals surface area contributed by atoms with Crippen LogP contribution in [0.15, 0.2) is 18.2 Å². The Hall–Kier alpha value is -1.78. The predicted molar refractivity (Wildman–Crippen MR) is 79.8 cm³/mol. The van der Waals surface area contributed by atoms with E-state index < -0.39 is 0 Å². The molecule has 1 aromatic rings. The molecule has 0 amide bonds. The molecule has 5 heteroatoms. The molecule has 0 aliphatic carbocycles. The Labute approximate surface area is 114 Å². The number of nitrogens with zero attached hydrogens (tertiary/aromatic N) is 1. The number of rotatable bonds is 7. The molecule has 0 saturated heterocycles. The zero-order chi connectivity index (χ0) is 14.4. The Morgan fingerprint density at radius 3 is 2.26 bits per heavy atom. The molecule has 1 unspecified atom stereocenters. The third-order valence-electron chi connectivity index (χ3n) is 3.57. The molecule has 1 atom stereocenters. The van der Waals surface area contributed by atoms with Crippen LogP contribution in [0.25, 0.3) is 0 Å². The van der Waals surface area contributed by atoms with E-state index in [0.717, 1.165) is 24.2 Å². The van der Waals surface area contributed by atoms with Gasteiger partial charge in [0.25, 0.3) is 5.69 Å². The van der Waals surface area contributed by atoms with Crippen molar-refractivity contribution in [2.45, 2.75) is 39.7 Å². The minimum Gasteiger partial charge on any atom is -0.388 e. The van der Waals surface area contributed by atoms with E-state index in [1.165, 1.54) is 6.07 Å². The number of hydrogen-bond acceptors (Lipinski definition) is 4. The number of nitro benzene ring substituents is 1. The first-order valence-corrected chi connectivity index (χ1v) is 6.75. The van der Waals surface area contributed by atoms with Gasteiger partial charge in [-0.2, -0.15) is 0 Å². The highest BCUT2D eigenvalue weighted by molar-refractivity contribution is 5.63. The van der Waals surface area contributed by atoms with Crippen LogP contribution in [-0.2, 0) is 0 Å². The molecule has 2 N–H and O–H groups in total. The summed E-state index contributed by atoms with van der Waals surface area (Å²) in [5.41, 5.74) is 1.64. The lowest BCUT2D eigenvalue weighted by atomic mass is 9.95. The van der Waals surface area contributed by atoms with E-state index >= 15 is 0 Å². The Kier molecular flexibility index (Phi) is 5.60. The van der Waals surface area contributed by atoms with Crippen molar-refractivity contribution in [2.24, 2.45) is 5.92 Å². The third-order valence-corrected chi connectivity index (χ3v) is 3.57. The van der Waals surface area contributed by atoms with Crippen LogP contribution in [0.4, 0.5) is 17.1 Å². The smallest absolute Gasteiger partial charge is 0.273 e. The van der Waals surface area contributed by atoms with Gasteiger partial charge in [-0.05, 0) is 18.9 Å². The summed E-state index contributed by atoms with van der Waals surface area (Å²) in [6.07, 6.45) is 2.19. The molecule has 0 aliphatic rings. The van der Waals surface area contributed by atoms with Crippen molar-refractivity contribution < 1.29 is 4.92 Å². The molecule has 1 aromatic carbocycles. The molecular formula is C14H23N3O2. The average molecular weight is 265 g/mol. The normalized spacial score (nSPS) is 12.3. The minimum absolute atomic E-state index is 0.103. The lowest BCUT2D eigenvalue weighted by Crippen LogP contribution is -2.25. The fourth-order valence-electron chi connectivity index (χ4n) is 2.32. The first-order chi connectivity index (χ1) is 9.01. The van der Waals surface area contributed by atoms with Gasteiger partial charge in [0.05, 0.1) is 4.92 Å². The Morgan fingerprint density at radius 2 is 1.79 bits per heavy atom. The summed E-state index contributed by atoms with van der Waals surface area (Å²) in [6.45, 7) is 6.45. The number of anilines is 2. The van der Waals surface area contributed by atoms with E-state index in [4.69, 9.17) is 0 Å². The van der Waals surface area contributed by atoms with Crippen LogP contribution in [0, 0.1) is 16.0 Å². The Bertz CT molecular complexity index is 431. The van der Waals surface area contributed by atoms with Crippen molar-refractivity contribution in [3.8, 4) is 0 Å². The molecule has 0 aliphatic heterocycles. The number of hydrogen-bond donors (Lipinski definition) is 2. The van der Waals surface area contributed by atoms with E-state index in [9.17, 15) is 10.1 Å². The van der Waals surface area contributed by atoms with Gasteiger partial charge in [-0.1, -0.05) is 26.7 Å². The Balaban J connectivity index is 2.93. The second kappa shape index (κ2) is 6.97. The van der Waals surface area contributed by atoms with Gasteiger partial charge >= 0.3 is 0 Å². The van der Waals surface area contributed by atoms with Crippen molar-refractivity contribution in [3.05, 3.63) is 28.3 Å². The van der Waals surface area contributed by atoms with Crippen LogP contribution in [0.5, 0.6) is 0 Å². The lowest BCUT2D eigenvalue weighted by molar-refractivity contribution is -0.384. The van der Waals surface area contributed by atoms with Gasteiger partial charge in [-0.15, -0.1) is 0 Å². The van der Waals surface area contributed by atoms with Crippen molar-refractivity contribution in [2.75, 3.05) is 17.7 Å². The molecule has 0 saturated carbocycles. The molecule has 1 rings (SSSR count). The second-order valence-electron chi connectivity index (χ2n) is 4.79. The van der Waals surface area contributed by atoms with Gasteiger partial charge in [0.15, 0.2) is 0 Å². The number of nitrogens with one attached hydrogen (secondary N) is 2. The van der Waals surface area contributed by atoms with Crippen molar-refractivity contribution in [1.29, 1.82) is 0 Å². The fourth-order valence-corrected chi connectivity index (χ4v) is 2.32. The largest absolute Gasteiger partial charge is 0.388 e. The summed E-state index contributed by atoms with van der Waals surface area (Å²) in [7, 11) is 1.76. The van der Waals surface area contributed by atoms with Crippen LogP contribution in [0.1, 0.15) is 33.6 Å². The van der Waals surface area contributed by atoms with Crippen molar-refractivity contribution >= 4 is 17.1 Å². The summed E-state index contributed by atoms with van der Waals surface area (Å²) in [6, 6.07) is 5.31. The van der Waals surface area contributed by atoms with Gasteiger partial charge in [0, 0.05) is 36.6 Å². The second-order valence-corrected chi connectivity index (χ2v) is 4.79. The van der Waals surface area contributed by atoms with Crippen LogP contribution < -0.4 is 10.6 Å². The highest BCUT2D eigenvalue weighted by atomic mass is 16.6. The highest BCUT2D eigenvalue weighted by Gasteiger charge is 2.15. The van der Waals surface area contributed by atoms with Crippen molar-refractivity contribution in [3.63, 3.8) is 0 Å². The number of benzene rings is 1. The molecule has 0 heterocycles. The third kappa shape index (κ3) is 4.12. The van der Waals surface area contributed by atoms with Gasteiger partial charge in [0.2, 0.25) is 0 Å². The minimum atomic E-state index is -0.367. The van der Waals surface area contributed by atoms with E-state index in [-0.39, 0.29) is 10.6 Å². The maximum absolute atomic E-state index is 10.9. The first-order valence-electron chi connectivity index (χ1n) is 6.75. The molecule has 0 bridgehead atoms. The molecule has 0 spiro atoms. The van der Waals surface area contributed by atoms with Crippen LogP contribution >= 0.6 is 0 Å². The molecule has 0 radical (unpaired) electrons. The molecule has 106 valence electrons. The van der Waals surface area contributed by atoms with E-state index in [1.54, 1.807) is 13.1 Å². The van der Waals surface area contributed by atoms with Gasteiger partial charge < -0.3 is 10.6 Å². The zero-order valence-electron chi connectivity index (χ0n) is 12.1. The van der Waals surface area contributed by atoms with Gasteiger partial charge in [-0.25, -0.2) is 0 Å². The monoisotopic (exact) mass is 265 g/mol. The summed E-state index contributed by atoms with van der Waals surface area (Å²) in [5.74, 6) is 0.567. The molecule has 0 aromatic heterocycles. The lowest BCUT2D eigenvalue weighted by Gasteiger charge is -2.23. The number of nitro groups is 1. The maximum Gasteiger partial charge on any atom is 0.273 e. The SMILES string of the molecule is CCC(CC)C(C)Nc1cc(NC)cc([N+](=O)[O-])c1. The topological polar surface area (TPSA) is 67.2 Å². The van der Waals surface area contributed by atoms with E-state index in [2.05, 4.69) is 31.4 Å². The maximum atomic E-state index is 10.9. The molecule has 5 nitrogen and oxygen atoms in total. The van der Waals surface area contributed by atoms with Crippen LogP contribution in [0.3, 0.4) is 0 Å². The highest BCUT2D eigenvalue weighted by Crippen LogP contribution is 2.26. The predicted octanol–water partition coefficient (Wildman–Crippen LogP) is 3.87. The van der Waals surface area contributed by atoms with Gasteiger partial charge in [0.1, 0.15) is 0 Å². The standard InChI is InChI=1S/C14H23N3O2/c1-5-11(6-2)10(3)16-13-7-12(15-4)8-14(9-13)17(18)19/h7-11,15-16H,5-6H2,1-4H3. The fraction of sp³-hybridized carbons (Fsp3) is 0.571. The van der Waals surface area contributed by atoms with Gasteiger partial charge in [-0.3, -0.25) is 10.1 Å². The zero-order valence-corrected chi connectivity index (χ0v) is 12.1. The van der Waals surface area contributed by atoms with Crippen LogP contribution in [-0.4, -0.2) is 18.0 Å². The van der Waals surface area contributed by atoms with Crippen molar-refractivity contribution in [1.82, 2.24) is 0 Å². The first kappa shape index (κ1) is 15.3.